The Morgan fingerprint density at radius 2 is 2.11 bits per heavy atom. The number of nitriles is 1. The molecule has 4 heteroatoms. The molecule has 0 aliphatic rings. The summed E-state index contributed by atoms with van der Waals surface area (Å²) in [6.45, 7) is 1.31. The molecule has 0 saturated carbocycles. The van der Waals surface area contributed by atoms with E-state index in [2.05, 4.69) is 0 Å². The highest BCUT2D eigenvalue weighted by molar-refractivity contribution is 6.00. The molecule has 1 heterocycles. The van der Waals surface area contributed by atoms with Crippen molar-refractivity contribution >= 4 is 22.5 Å². The summed E-state index contributed by atoms with van der Waals surface area (Å²) in [4.78, 5) is 23.0. The van der Waals surface area contributed by atoms with Crippen molar-refractivity contribution in [2.45, 2.75) is 13.3 Å². The van der Waals surface area contributed by atoms with E-state index in [1.165, 1.54) is 6.92 Å². The van der Waals surface area contributed by atoms with Crippen LogP contribution in [0.15, 0.2) is 34.7 Å². The first-order chi connectivity index (χ1) is 8.61. The lowest BCUT2D eigenvalue weighted by molar-refractivity contribution is -0.119. The number of carbonyl (C=O) groups is 2. The monoisotopic (exact) mass is 241 g/mol. The van der Waals surface area contributed by atoms with Crippen molar-refractivity contribution in [3.8, 4) is 6.07 Å². The Morgan fingerprint density at radius 1 is 1.39 bits per heavy atom. The van der Waals surface area contributed by atoms with Crippen molar-refractivity contribution in [2.75, 3.05) is 0 Å². The van der Waals surface area contributed by atoms with Crippen LogP contribution in [-0.2, 0) is 4.79 Å². The fourth-order valence-corrected chi connectivity index (χ4v) is 1.69. The molecule has 2 rings (SSSR count). The molecule has 0 N–H and O–H groups in total. The highest BCUT2D eigenvalue weighted by atomic mass is 16.3. The molecule has 0 spiro atoms. The fourth-order valence-electron chi connectivity index (χ4n) is 1.69. The summed E-state index contributed by atoms with van der Waals surface area (Å²) in [6, 6.07) is 10.7. The third kappa shape index (κ3) is 2.30. The van der Waals surface area contributed by atoms with E-state index in [4.69, 9.17) is 9.68 Å². The molecule has 90 valence electrons. The number of nitrogens with zero attached hydrogens (tertiary/aromatic N) is 1. The van der Waals surface area contributed by atoms with Crippen LogP contribution in [0.25, 0.3) is 11.0 Å². The van der Waals surface area contributed by atoms with Crippen LogP contribution < -0.4 is 0 Å². The number of carbonyl (C=O) groups excluding carboxylic acids is 2. The number of fused-ring (bicyclic) bond motifs is 1. The van der Waals surface area contributed by atoms with Crippen molar-refractivity contribution in [2.24, 2.45) is 5.92 Å². The topological polar surface area (TPSA) is 71.1 Å². The van der Waals surface area contributed by atoms with Gasteiger partial charge in [0.2, 0.25) is 0 Å². The zero-order chi connectivity index (χ0) is 13.1. The number of hydrogen-bond donors (Lipinski definition) is 0. The SMILES string of the molecule is CC(=O)C(C#N)CC(=O)c1cc2ccccc2o1. The van der Waals surface area contributed by atoms with Crippen LogP contribution >= 0.6 is 0 Å². The lowest BCUT2D eigenvalue weighted by Crippen LogP contribution is -2.13. The first kappa shape index (κ1) is 12.1. The summed E-state index contributed by atoms with van der Waals surface area (Å²) in [5.41, 5.74) is 0.622. The third-order valence-corrected chi connectivity index (χ3v) is 2.74. The summed E-state index contributed by atoms with van der Waals surface area (Å²) in [6.07, 6.45) is -0.133. The molecule has 0 bridgehead atoms. The molecule has 0 amide bonds. The number of rotatable bonds is 4. The van der Waals surface area contributed by atoms with Gasteiger partial charge in [-0.3, -0.25) is 9.59 Å². The summed E-state index contributed by atoms with van der Waals surface area (Å²) in [7, 11) is 0. The van der Waals surface area contributed by atoms with Crippen LogP contribution in [0.4, 0.5) is 0 Å². The van der Waals surface area contributed by atoms with E-state index in [-0.39, 0.29) is 23.7 Å². The molecular weight excluding hydrogens is 230 g/mol. The van der Waals surface area contributed by atoms with Gasteiger partial charge >= 0.3 is 0 Å². The van der Waals surface area contributed by atoms with Gasteiger partial charge in [-0.2, -0.15) is 5.26 Å². The highest BCUT2D eigenvalue weighted by Crippen LogP contribution is 2.21. The number of benzene rings is 1. The minimum Gasteiger partial charge on any atom is -0.453 e. The van der Waals surface area contributed by atoms with Crippen molar-refractivity contribution in [1.82, 2.24) is 0 Å². The maximum Gasteiger partial charge on any atom is 0.199 e. The smallest absolute Gasteiger partial charge is 0.199 e. The summed E-state index contributed by atoms with van der Waals surface area (Å²) < 4.78 is 5.38. The van der Waals surface area contributed by atoms with Gasteiger partial charge in [-0.25, -0.2) is 0 Å². The van der Waals surface area contributed by atoms with Gasteiger partial charge in [-0.05, 0) is 19.1 Å². The molecular formula is C14H11NO3. The molecule has 2 aromatic rings. The van der Waals surface area contributed by atoms with Crippen molar-refractivity contribution in [1.29, 1.82) is 5.26 Å². The Balaban J connectivity index is 2.24. The molecule has 0 aliphatic heterocycles. The third-order valence-electron chi connectivity index (χ3n) is 2.74. The van der Waals surface area contributed by atoms with E-state index in [9.17, 15) is 9.59 Å². The molecule has 1 aromatic carbocycles. The molecule has 0 aliphatic carbocycles. The Bertz CT molecular complexity index is 615. The summed E-state index contributed by atoms with van der Waals surface area (Å²) in [5, 5.41) is 9.61. The second-order valence-corrected chi connectivity index (χ2v) is 4.07. The van der Waals surface area contributed by atoms with E-state index in [0.717, 1.165) is 5.39 Å². The van der Waals surface area contributed by atoms with Crippen molar-refractivity contribution in [3.05, 3.63) is 36.1 Å². The Kier molecular flexibility index (Phi) is 3.24. The Hall–Kier alpha value is -2.41. The van der Waals surface area contributed by atoms with Gasteiger partial charge in [-0.15, -0.1) is 0 Å². The van der Waals surface area contributed by atoms with E-state index in [1.54, 1.807) is 12.1 Å². The molecule has 0 radical (unpaired) electrons. The van der Waals surface area contributed by atoms with Gasteiger partial charge in [-0.1, -0.05) is 18.2 Å². The minimum absolute atomic E-state index is 0.133. The molecule has 0 saturated heterocycles. The molecule has 1 aromatic heterocycles. The van der Waals surface area contributed by atoms with Gasteiger partial charge in [0.25, 0.3) is 0 Å². The lowest BCUT2D eigenvalue weighted by Gasteiger charge is -2.01. The molecule has 1 unspecified atom stereocenters. The van der Waals surface area contributed by atoms with Crippen LogP contribution in [0, 0.1) is 17.2 Å². The normalized spacial score (nSPS) is 12.0. The van der Waals surface area contributed by atoms with E-state index >= 15 is 0 Å². The highest BCUT2D eigenvalue weighted by Gasteiger charge is 2.21. The zero-order valence-electron chi connectivity index (χ0n) is 9.84. The maximum atomic E-state index is 11.9. The summed E-state index contributed by atoms with van der Waals surface area (Å²) in [5.74, 6) is -1.33. The van der Waals surface area contributed by atoms with Gasteiger partial charge < -0.3 is 4.42 Å². The number of para-hydroxylation sites is 1. The lowest BCUT2D eigenvalue weighted by atomic mass is 9.99. The average Bonchev–Trinajstić information content (AvgIpc) is 2.79. The van der Waals surface area contributed by atoms with Crippen molar-refractivity contribution in [3.63, 3.8) is 0 Å². The molecule has 4 nitrogen and oxygen atoms in total. The van der Waals surface area contributed by atoms with E-state index < -0.39 is 5.92 Å². The maximum absolute atomic E-state index is 11.9. The van der Waals surface area contributed by atoms with Gasteiger partial charge in [0.05, 0.1) is 6.07 Å². The Morgan fingerprint density at radius 3 is 2.72 bits per heavy atom. The van der Waals surface area contributed by atoms with Crippen molar-refractivity contribution < 1.29 is 14.0 Å². The van der Waals surface area contributed by atoms with Crippen LogP contribution in [0.1, 0.15) is 23.9 Å². The Labute approximate surface area is 104 Å². The second-order valence-electron chi connectivity index (χ2n) is 4.07. The van der Waals surface area contributed by atoms with Crippen LogP contribution in [-0.4, -0.2) is 11.6 Å². The van der Waals surface area contributed by atoms with Crippen LogP contribution in [0.5, 0.6) is 0 Å². The van der Waals surface area contributed by atoms with Crippen LogP contribution in [0.3, 0.4) is 0 Å². The summed E-state index contributed by atoms with van der Waals surface area (Å²) >= 11 is 0. The van der Waals surface area contributed by atoms with Crippen LogP contribution in [0.2, 0.25) is 0 Å². The van der Waals surface area contributed by atoms with Gasteiger partial charge in [0.15, 0.2) is 11.5 Å². The average molecular weight is 241 g/mol. The number of Topliss-reactive ketones (excluding diaryl/α,β-unsaturated/α-hetero) is 2. The number of furan rings is 1. The van der Waals surface area contributed by atoms with E-state index in [1.807, 2.05) is 24.3 Å². The fraction of sp³-hybridized carbons (Fsp3) is 0.214. The largest absolute Gasteiger partial charge is 0.453 e. The first-order valence-corrected chi connectivity index (χ1v) is 5.53. The minimum atomic E-state index is -0.897. The second kappa shape index (κ2) is 4.84. The molecule has 0 fully saturated rings. The number of hydrogen-bond acceptors (Lipinski definition) is 4. The first-order valence-electron chi connectivity index (χ1n) is 5.53. The van der Waals surface area contributed by atoms with Gasteiger partial charge in [0.1, 0.15) is 17.3 Å². The molecule has 18 heavy (non-hydrogen) atoms. The number of ketones is 2. The standard InChI is InChI=1S/C14H11NO3/c1-9(16)11(8-15)6-12(17)14-7-10-4-2-3-5-13(10)18-14/h2-5,7,11H,6H2,1H3. The quantitative estimate of drug-likeness (QED) is 0.771. The predicted octanol–water partition coefficient (Wildman–Crippen LogP) is 2.73. The zero-order valence-corrected chi connectivity index (χ0v) is 9.84. The van der Waals surface area contributed by atoms with E-state index in [0.29, 0.717) is 5.58 Å². The molecule has 1 atom stereocenters. The predicted molar refractivity (Wildman–Crippen MR) is 64.9 cm³/mol. The van der Waals surface area contributed by atoms with Gasteiger partial charge in [0, 0.05) is 11.8 Å².